The van der Waals surface area contributed by atoms with E-state index in [4.69, 9.17) is 12.2 Å². The molecule has 0 bridgehead atoms. The molecular formula is C13H8FNS. The standard InChI is InChI=1S/C13H8FNS/c14-8-5-6-9-10-3-1-2-4-12(10)15-13(16)11(9)7-8/h1-7H,(H,15,16). The predicted octanol–water partition coefficient (Wildman–Crippen LogP) is 4.19. The van der Waals surface area contributed by atoms with Gasteiger partial charge in [0.1, 0.15) is 10.5 Å². The van der Waals surface area contributed by atoms with E-state index < -0.39 is 0 Å². The highest BCUT2D eigenvalue weighted by molar-refractivity contribution is 7.71. The number of rotatable bonds is 0. The lowest BCUT2D eigenvalue weighted by atomic mass is 10.1. The summed E-state index contributed by atoms with van der Waals surface area (Å²) >= 11 is 5.22. The van der Waals surface area contributed by atoms with Gasteiger partial charge in [0.15, 0.2) is 0 Å². The molecule has 0 aliphatic carbocycles. The molecule has 3 aromatic rings. The fourth-order valence-electron chi connectivity index (χ4n) is 1.96. The Morgan fingerprint density at radius 2 is 1.75 bits per heavy atom. The van der Waals surface area contributed by atoms with Crippen LogP contribution in [0, 0.1) is 10.5 Å². The van der Waals surface area contributed by atoms with E-state index in [-0.39, 0.29) is 5.82 Å². The van der Waals surface area contributed by atoms with Crippen LogP contribution in [0.3, 0.4) is 0 Å². The van der Waals surface area contributed by atoms with Gasteiger partial charge in [0, 0.05) is 16.3 Å². The summed E-state index contributed by atoms with van der Waals surface area (Å²) in [6.45, 7) is 0. The number of aromatic amines is 1. The van der Waals surface area contributed by atoms with Crippen LogP contribution in [0.4, 0.5) is 4.39 Å². The van der Waals surface area contributed by atoms with E-state index in [0.717, 1.165) is 21.7 Å². The van der Waals surface area contributed by atoms with Crippen molar-refractivity contribution in [3.8, 4) is 0 Å². The van der Waals surface area contributed by atoms with E-state index in [9.17, 15) is 4.39 Å². The maximum Gasteiger partial charge on any atom is 0.123 e. The summed E-state index contributed by atoms with van der Waals surface area (Å²) in [5.41, 5.74) is 0.978. The van der Waals surface area contributed by atoms with Crippen molar-refractivity contribution in [2.75, 3.05) is 0 Å². The molecule has 2 aromatic carbocycles. The first kappa shape index (κ1) is 9.48. The molecule has 0 spiro atoms. The second-order valence-electron chi connectivity index (χ2n) is 3.69. The molecule has 0 fully saturated rings. The second-order valence-corrected chi connectivity index (χ2v) is 4.10. The molecular weight excluding hydrogens is 221 g/mol. The van der Waals surface area contributed by atoms with Crippen LogP contribution in [0.15, 0.2) is 42.5 Å². The molecule has 1 heterocycles. The highest BCUT2D eigenvalue weighted by Crippen LogP contribution is 2.24. The number of H-pyrrole nitrogens is 1. The van der Waals surface area contributed by atoms with Gasteiger partial charge in [0.2, 0.25) is 0 Å². The lowest BCUT2D eigenvalue weighted by molar-refractivity contribution is 0.629. The molecule has 0 radical (unpaired) electrons. The highest BCUT2D eigenvalue weighted by atomic mass is 32.1. The normalized spacial score (nSPS) is 11.1. The maximum absolute atomic E-state index is 13.2. The number of hydrogen-bond acceptors (Lipinski definition) is 1. The van der Waals surface area contributed by atoms with E-state index >= 15 is 0 Å². The average Bonchev–Trinajstić information content (AvgIpc) is 2.29. The van der Waals surface area contributed by atoms with Gasteiger partial charge in [0.25, 0.3) is 0 Å². The van der Waals surface area contributed by atoms with Crippen molar-refractivity contribution >= 4 is 33.9 Å². The summed E-state index contributed by atoms with van der Waals surface area (Å²) < 4.78 is 13.7. The van der Waals surface area contributed by atoms with Gasteiger partial charge in [-0.2, -0.15) is 0 Å². The molecule has 3 heteroatoms. The van der Waals surface area contributed by atoms with Gasteiger partial charge in [0.05, 0.1) is 0 Å². The van der Waals surface area contributed by atoms with Gasteiger partial charge in [-0.15, -0.1) is 0 Å². The molecule has 1 aromatic heterocycles. The monoisotopic (exact) mass is 229 g/mol. The third-order valence-corrected chi connectivity index (χ3v) is 3.01. The summed E-state index contributed by atoms with van der Waals surface area (Å²) in [6, 6.07) is 12.6. The number of aromatic nitrogens is 1. The van der Waals surface area contributed by atoms with Crippen LogP contribution in [0.2, 0.25) is 0 Å². The predicted molar refractivity (Wildman–Crippen MR) is 66.6 cm³/mol. The van der Waals surface area contributed by atoms with Crippen molar-refractivity contribution in [1.82, 2.24) is 4.98 Å². The number of pyridine rings is 1. The van der Waals surface area contributed by atoms with Crippen LogP contribution >= 0.6 is 12.2 Å². The topological polar surface area (TPSA) is 15.8 Å². The first-order valence-corrected chi connectivity index (χ1v) is 5.37. The van der Waals surface area contributed by atoms with E-state index in [1.54, 1.807) is 6.07 Å². The quantitative estimate of drug-likeness (QED) is 0.451. The van der Waals surface area contributed by atoms with Crippen molar-refractivity contribution in [3.05, 3.63) is 52.9 Å². The Hall–Kier alpha value is -1.74. The summed E-state index contributed by atoms with van der Waals surface area (Å²) in [6.07, 6.45) is 0. The van der Waals surface area contributed by atoms with Crippen molar-refractivity contribution < 1.29 is 4.39 Å². The molecule has 0 saturated heterocycles. The summed E-state index contributed by atoms with van der Waals surface area (Å²) in [7, 11) is 0. The minimum Gasteiger partial charge on any atom is -0.346 e. The van der Waals surface area contributed by atoms with Crippen LogP contribution in [0.25, 0.3) is 21.7 Å². The summed E-state index contributed by atoms with van der Waals surface area (Å²) in [5.74, 6) is -0.262. The minimum atomic E-state index is -0.262. The first-order valence-electron chi connectivity index (χ1n) is 4.96. The number of para-hydroxylation sites is 1. The molecule has 0 aliphatic heterocycles. The Labute approximate surface area is 96.5 Å². The lowest BCUT2D eigenvalue weighted by Gasteiger charge is -2.04. The molecule has 1 N–H and O–H groups in total. The van der Waals surface area contributed by atoms with Crippen LogP contribution in [-0.4, -0.2) is 4.98 Å². The Kier molecular flexibility index (Phi) is 2.01. The third kappa shape index (κ3) is 1.32. The zero-order valence-corrected chi connectivity index (χ0v) is 9.14. The zero-order valence-electron chi connectivity index (χ0n) is 8.33. The second kappa shape index (κ2) is 3.39. The van der Waals surface area contributed by atoms with Gasteiger partial charge in [-0.1, -0.05) is 36.5 Å². The lowest BCUT2D eigenvalue weighted by Crippen LogP contribution is -1.85. The Morgan fingerprint density at radius 3 is 2.62 bits per heavy atom. The zero-order chi connectivity index (χ0) is 11.1. The first-order chi connectivity index (χ1) is 7.75. The molecule has 0 atom stereocenters. The highest BCUT2D eigenvalue weighted by Gasteiger charge is 2.03. The SMILES string of the molecule is Fc1ccc2c(c1)c(=S)[nH]c1ccccc12. The van der Waals surface area contributed by atoms with Gasteiger partial charge in [-0.25, -0.2) is 4.39 Å². The molecule has 1 nitrogen and oxygen atoms in total. The van der Waals surface area contributed by atoms with Gasteiger partial charge in [-0.05, 0) is 23.6 Å². The molecule has 78 valence electrons. The fourth-order valence-corrected chi connectivity index (χ4v) is 2.23. The number of hydrogen-bond donors (Lipinski definition) is 1. The van der Waals surface area contributed by atoms with E-state index in [2.05, 4.69) is 4.98 Å². The van der Waals surface area contributed by atoms with Gasteiger partial charge >= 0.3 is 0 Å². The van der Waals surface area contributed by atoms with E-state index in [1.165, 1.54) is 12.1 Å². The van der Waals surface area contributed by atoms with Crippen molar-refractivity contribution in [2.45, 2.75) is 0 Å². The molecule has 0 unspecified atom stereocenters. The number of halogens is 1. The van der Waals surface area contributed by atoms with Crippen LogP contribution < -0.4 is 0 Å². The molecule has 0 aliphatic rings. The Balaban J connectivity index is 2.65. The van der Waals surface area contributed by atoms with E-state index in [1.807, 2.05) is 24.3 Å². The fraction of sp³-hybridized carbons (Fsp3) is 0. The number of benzene rings is 2. The minimum absolute atomic E-state index is 0.262. The van der Waals surface area contributed by atoms with E-state index in [0.29, 0.717) is 4.64 Å². The number of nitrogens with one attached hydrogen (secondary N) is 1. The third-order valence-electron chi connectivity index (χ3n) is 2.69. The van der Waals surface area contributed by atoms with Crippen molar-refractivity contribution in [1.29, 1.82) is 0 Å². The van der Waals surface area contributed by atoms with Crippen LogP contribution in [0.1, 0.15) is 0 Å². The molecule has 0 saturated carbocycles. The van der Waals surface area contributed by atoms with Gasteiger partial charge in [-0.3, -0.25) is 0 Å². The largest absolute Gasteiger partial charge is 0.346 e. The Morgan fingerprint density at radius 1 is 0.938 bits per heavy atom. The summed E-state index contributed by atoms with van der Waals surface area (Å²) in [4.78, 5) is 3.11. The van der Waals surface area contributed by atoms with Crippen LogP contribution in [-0.2, 0) is 0 Å². The summed E-state index contributed by atoms with van der Waals surface area (Å²) in [5, 5.41) is 2.81. The molecule has 16 heavy (non-hydrogen) atoms. The molecule has 3 rings (SSSR count). The van der Waals surface area contributed by atoms with Crippen LogP contribution in [0.5, 0.6) is 0 Å². The van der Waals surface area contributed by atoms with Crippen molar-refractivity contribution in [3.63, 3.8) is 0 Å². The smallest absolute Gasteiger partial charge is 0.123 e. The molecule has 0 amide bonds. The van der Waals surface area contributed by atoms with Crippen molar-refractivity contribution in [2.24, 2.45) is 0 Å². The number of fused-ring (bicyclic) bond motifs is 3. The Bertz CT molecular complexity index is 746. The average molecular weight is 229 g/mol. The van der Waals surface area contributed by atoms with Gasteiger partial charge < -0.3 is 4.98 Å². The maximum atomic E-state index is 13.2.